The summed E-state index contributed by atoms with van der Waals surface area (Å²) in [6.07, 6.45) is 5.05. The van der Waals surface area contributed by atoms with Gasteiger partial charge in [0.2, 0.25) is 0 Å². The van der Waals surface area contributed by atoms with Gasteiger partial charge in [-0.15, -0.1) is 0 Å². The second kappa shape index (κ2) is 6.03. The Balaban J connectivity index is 1.69. The van der Waals surface area contributed by atoms with Crippen molar-refractivity contribution in [3.63, 3.8) is 0 Å². The zero-order valence-electron chi connectivity index (χ0n) is 11.6. The normalized spacial score (nSPS) is 23.8. The first-order chi connectivity index (χ1) is 9.79. The summed E-state index contributed by atoms with van der Waals surface area (Å²) in [6.45, 7) is 3.23. The molecule has 1 atom stereocenters. The van der Waals surface area contributed by atoms with E-state index in [-0.39, 0.29) is 0 Å². The number of benzene rings is 1. The van der Waals surface area contributed by atoms with E-state index in [4.69, 9.17) is 11.6 Å². The number of nitrogens with one attached hydrogen (secondary N) is 1. The van der Waals surface area contributed by atoms with E-state index in [1.807, 2.05) is 12.1 Å². The fraction of sp³-hybridized carbons (Fsp3) is 0.562. The summed E-state index contributed by atoms with van der Waals surface area (Å²) in [4.78, 5) is 2.32. The van der Waals surface area contributed by atoms with Crippen molar-refractivity contribution in [2.24, 2.45) is 5.92 Å². The third kappa shape index (κ3) is 2.63. The molecule has 4 heteroatoms. The molecule has 0 saturated carbocycles. The van der Waals surface area contributed by atoms with Crippen LogP contribution in [0.1, 0.15) is 31.2 Å². The van der Waals surface area contributed by atoms with Crippen LogP contribution in [0.3, 0.4) is 0 Å². The van der Waals surface area contributed by atoms with Gasteiger partial charge in [-0.1, -0.05) is 17.7 Å². The van der Waals surface area contributed by atoms with Crippen LogP contribution in [0, 0.1) is 17.2 Å². The zero-order valence-corrected chi connectivity index (χ0v) is 12.4. The van der Waals surface area contributed by atoms with Crippen molar-refractivity contribution in [3.05, 3.63) is 28.8 Å². The quantitative estimate of drug-likeness (QED) is 0.909. The molecule has 3 nitrogen and oxygen atoms in total. The maximum Gasteiger partial charge on any atom is 0.103 e. The molecule has 0 aliphatic carbocycles. The predicted octanol–water partition coefficient (Wildman–Crippen LogP) is 3.18. The molecule has 0 spiro atoms. The number of nitrogens with zero attached hydrogens (tertiary/aromatic N) is 2. The number of hydrogen-bond acceptors (Lipinski definition) is 3. The van der Waals surface area contributed by atoms with E-state index in [9.17, 15) is 5.26 Å². The number of halogens is 1. The van der Waals surface area contributed by atoms with Gasteiger partial charge in [0.15, 0.2) is 0 Å². The van der Waals surface area contributed by atoms with Crippen LogP contribution in [-0.4, -0.2) is 25.7 Å². The highest BCUT2D eigenvalue weighted by atomic mass is 35.5. The lowest BCUT2D eigenvalue weighted by Crippen LogP contribution is -2.41. The van der Waals surface area contributed by atoms with Crippen molar-refractivity contribution in [1.82, 2.24) is 5.32 Å². The van der Waals surface area contributed by atoms with Crippen molar-refractivity contribution >= 4 is 17.3 Å². The average Bonchev–Trinajstić information content (AvgIpc) is 3.01. The Hall–Kier alpha value is -1.24. The van der Waals surface area contributed by atoms with E-state index in [0.717, 1.165) is 24.7 Å². The minimum Gasteiger partial charge on any atom is -0.370 e. The van der Waals surface area contributed by atoms with Crippen molar-refractivity contribution in [1.29, 1.82) is 5.26 Å². The summed E-state index contributed by atoms with van der Waals surface area (Å²) in [5.41, 5.74) is 1.62. The summed E-state index contributed by atoms with van der Waals surface area (Å²) in [5.74, 6) is 0.790. The van der Waals surface area contributed by atoms with Crippen LogP contribution in [0.2, 0.25) is 5.02 Å². The standard InChI is InChI=1S/C16H20ClN3/c17-14-3-1-5-16(13(14)11-18)20-9-6-12(7-10-20)15-4-2-8-19-15/h1,3,5,12,15,19H,2,4,6-10H2. The Labute approximate surface area is 125 Å². The minimum absolute atomic E-state index is 0.560. The van der Waals surface area contributed by atoms with Gasteiger partial charge in [0.05, 0.1) is 16.3 Å². The third-order valence-electron chi connectivity index (χ3n) is 4.65. The highest BCUT2D eigenvalue weighted by Gasteiger charge is 2.29. The van der Waals surface area contributed by atoms with Gasteiger partial charge in [-0.2, -0.15) is 5.26 Å². The van der Waals surface area contributed by atoms with Crippen LogP contribution < -0.4 is 10.2 Å². The van der Waals surface area contributed by atoms with E-state index in [2.05, 4.69) is 16.3 Å². The van der Waals surface area contributed by atoms with Gasteiger partial charge in [0.1, 0.15) is 6.07 Å². The first kappa shape index (κ1) is 13.7. The van der Waals surface area contributed by atoms with Crippen molar-refractivity contribution in [2.45, 2.75) is 31.7 Å². The van der Waals surface area contributed by atoms with Gasteiger partial charge in [0.25, 0.3) is 0 Å². The molecular formula is C16H20ClN3. The van der Waals surface area contributed by atoms with Gasteiger partial charge in [-0.25, -0.2) is 0 Å². The second-order valence-electron chi connectivity index (χ2n) is 5.77. The fourth-order valence-electron chi connectivity index (χ4n) is 3.54. The lowest BCUT2D eigenvalue weighted by atomic mass is 9.88. The molecule has 2 aliphatic rings. The zero-order chi connectivity index (χ0) is 13.9. The van der Waals surface area contributed by atoms with Crippen LogP contribution in [0.25, 0.3) is 0 Å². The van der Waals surface area contributed by atoms with Crippen LogP contribution in [-0.2, 0) is 0 Å². The molecule has 3 rings (SSSR count). The van der Waals surface area contributed by atoms with Gasteiger partial charge in [-0.05, 0) is 50.3 Å². The van der Waals surface area contributed by atoms with E-state index in [1.54, 1.807) is 6.07 Å². The summed E-state index contributed by atoms with van der Waals surface area (Å²) >= 11 is 6.12. The molecule has 0 bridgehead atoms. The molecule has 1 aromatic carbocycles. The maximum absolute atomic E-state index is 9.28. The SMILES string of the molecule is N#Cc1c(Cl)cccc1N1CCC(C2CCCN2)CC1. The molecule has 0 amide bonds. The molecule has 106 valence electrons. The lowest BCUT2D eigenvalue weighted by Gasteiger charge is -2.36. The molecule has 1 N–H and O–H groups in total. The highest BCUT2D eigenvalue weighted by molar-refractivity contribution is 6.32. The summed E-state index contributed by atoms with van der Waals surface area (Å²) in [6, 6.07) is 8.69. The van der Waals surface area contributed by atoms with Crippen LogP contribution in [0.4, 0.5) is 5.69 Å². The molecule has 20 heavy (non-hydrogen) atoms. The van der Waals surface area contributed by atoms with Crippen LogP contribution >= 0.6 is 11.6 Å². The van der Waals surface area contributed by atoms with Crippen LogP contribution in [0.15, 0.2) is 18.2 Å². The van der Waals surface area contributed by atoms with Gasteiger partial charge >= 0.3 is 0 Å². The third-order valence-corrected chi connectivity index (χ3v) is 4.97. The van der Waals surface area contributed by atoms with E-state index >= 15 is 0 Å². The molecule has 1 aromatic rings. The monoisotopic (exact) mass is 289 g/mol. The fourth-order valence-corrected chi connectivity index (χ4v) is 3.76. The Kier molecular flexibility index (Phi) is 4.14. The maximum atomic E-state index is 9.28. The number of rotatable bonds is 2. The summed E-state index contributed by atoms with van der Waals surface area (Å²) in [7, 11) is 0. The summed E-state index contributed by atoms with van der Waals surface area (Å²) in [5, 5.41) is 13.5. The molecule has 2 aliphatic heterocycles. The molecule has 0 radical (unpaired) electrons. The topological polar surface area (TPSA) is 39.1 Å². The second-order valence-corrected chi connectivity index (χ2v) is 6.18. The Morgan fingerprint density at radius 2 is 2.05 bits per heavy atom. The smallest absolute Gasteiger partial charge is 0.103 e. The first-order valence-electron chi connectivity index (χ1n) is 7.46. The number of hydrogen-bond donors (Lipinski definition) is 1. The predicted molar refractivity (Wildman–Crippen MR) is 82.1 cm³/mol. The molecule has 1 unspecified atom stereocenters. The van der Waals surface area contributed by atoms with Gasteiger partial charge < -0.3 is 10.2 Å². The Bertz CT molecular complexity index is 509. The van der Waals surface area contributed by atoms with Crippen molar-refractivity contribution < 1.29 is 0 Å². The molecule has 0 aromatic heterocycles. The minimum atomic E-state index is 0.560. The van der Waals surface area contributed by atoms with Gasteiger partial charge in [0, 0.05) is 19.1 Å². The largest absolute Gasteiger partial charge is 0.370 e. The van der Waals surface area contributed by atoms with E-state index in [1.165, 1.54) is 32.2 Å². The molecular weight excluding hydrogens is 270 g/mol. The lowest BCUT2D eigenvalue weighted by molar-refractivity contribution is 0.319. The van der Waals surface area contributed by atoms with Crippen molar-refractivity contribution in [2.75, 3.05) is 24.5 Å². The number of nitriles is 1. The molecule has 2 saturated heterocycles. The number of piperidine rings is 1. The van der Waals surface area contributed by atoms with Crippen LogP contribution in [0.5, 0.6) is 0 Å². The average molecular weight is 290 g/mol. The van der Waals surface area contributed by atoms with Crippen molar-refractivity contribution in [3.8, 4) is 6.07 Å². The number of anilines is 1. The summed E-state index contributed by atoms with van der Waals surface area (Å²) < 4.78 is 0. The highest BCUT2D eigenvalue weighted by Crippen LogP contribution is 2.32. The van der Waals surface area contributed by atoms with Gasteiger partial charge in [-0.3, -0.25) is 0 Å². The first-order valence-corrected chi connectivity index (χ1v) is 7.84. The van der Waals surface area contributed by atoms with E-state index < -0.39 is 0 Å². The Morgan fingerprint density at radius 3 is 2.70 bits per heavy atom. The van der Waals surface area contributed by atoms with E-state index in [0.29, 0.717) is 16.6 Å². The Morgan fingerprint density at radius 1 is 1.25 bits per heavy atom. The molecule has 2 heterocycles. The molecule has 2 fully saturated rings.